The smallest absolute Gasteiger partial charge is 0.222 e. The highest BCUT2D eigenvalue weighted by molar-refractivity contribution is 5.98. The van der Waals surface area contributed by atoms with Gasteiger partial charge in [0.2, 0.25) is 5.91 Å². The van der Waals surface area contributed by atoms with Crippen molar-refractivity contribution in [2.45, 2.75) is 38.0 Å². The van der Waals surface area contributed by atoms with Gasteiger partial charge in [-0.05, 0) is 48.9 Å². The predicted octanol–water partition coefficient (Wildman–Crippen LogP) is 4.29. The standard InChI is InChI=1S/C27H33N5O/c1-28-27(29-15-6-8-20-18-30-24-11-4-2-9-22(20)24)32-19-21(23-10-3-5-12-25(23)32)14-17-31-16-7-13-26(31)33/h2-5,9-12,18,21,30H,6-8,13-17,19H2,1H3,(H,28,29). The Morgan fingerprint density at radius 2 is 2.03 bits per heavy atom. The molecule has 1 amide bonds. The van der Waals surface area contributed by atoms with Crippen molar-refractivity contribution in [2.24, 2.45) is 4.99 Å². The Labute approximate surface area is 195 Å². The molecule has 3 aromatic rings. The first-order valence-corrected chi connectivity index (χ1v) is 12.1. The van der Waals surface area contributed by atoms with E-state index in [1.807, 2.05) is 11.9 Å². The van der Waals surface area contributed by atoms with Crippen molar-refractivity contribution < 1.29 is 4.79 Å². The van der Waals surface area contributed by atoms with E-state index >= 15 is 0 Å². The number of rotatable bonds is 7. The molecular weight excluding hydrogens is 410 g/mol. The minimum absolute atomic E-state index is 0.311. The first-order valence-electron chi connectivity index (χ1n) is 12.1. The van der Waals surface area contributed by atoms with Gasteiger partial charge in [0.15, 0.2) is 5.96 Å². The van der Waals surface area contributed by atoms with E-state index in [4.69, 9.17) is 0 Å². The highest BCUT2D eigenvalue weighted by atomic mass is 16.2. The van der Waals surface area contributed by atoms with Gasteiger partial charge in [0.25, 0.3) is 0 Å². The third-order valence-corrected chi connectivity index (χ3v) is 7.04. The summed E-state index contributed by atoms with van der Waals surface area (Å²) in [5.41, 5.74) is 5.17. The Bertz CT molecular complexity index is 1150. The maximum atomic E-state index is 12.0. The molecule has 1 aromatic heterocycles. The number of likely N-dealkylation sites (tertiary alicyclic amines) is 1. The van der Waals surface area contributed by atoms with Gasteiger partial charge in [0.05, 0.1) is 0 Å². The van der Waals surface area contributed by atoms with Crippen LogP contribution in [0.2, 0.25) is 0 Å². The molecule has 6 heteroatoms. The van der Waals surface area contributed by atoms with Crippen LogP contribution in [0.15, 0.2) is 59.7 Å². The molecule has 172 valence electrons. The number of benzene rings is 2. The minimum atomic E-state index is 0.311. The number of guanidine groups is 1. The van der Waals surface area contributed by atoms with Crippen molar-refractivity contribution in [3.8, 4) is 0 Å². The van der Waals surface area contributed by atoms with Crippen LogP contribution >= 0.6 is 0 Å². The number of aromatic amines is 1. The lowest BCUT2D eigenvalue weighted by molar-refractivity contribution is -0.127. The van der Waals surface area contributed by atoms with Crippen molar-refractivity contribution in [1.29, 1.82) is 0 Å². The number of anilines is 1. The van der Waals surface area contributed by atoms with Crippen LogP contribution < -0.4 is 10.2 Å². The average Bonchev–Trinajstić information content (AvgIpc) is 3.55. The van der Waals surface area contributed by atoms with Gasteiger partial charge in [-0.1, -0.05) is 36.4 Å². The number of carbonyl (C=O) groups excluding carboxylic acids is 1. The summed E-state index contributed by atoms with van der Waals surface area (Å²) in [5.74, 6) is 1.66. The van der Waals surface area contributed by atoms with E-state index in [2.05, 4.69) is 74.9 Å². The number of aryl methyl sites for hydroxylation is 1. The highest BCUT2D eigenvalue weighted by Gasteiger charge is 2.32. The topological polar surface area (TPSA) is 63.7 Å². The molecule has 1 fully saturated rings. The van der Waals surface area contributed by atoms with E-state index in [1.54, 1.807) is 0 Å². The summed E-state index contributed by atoms with van der Waals surface area (Å²) in [4.78, 5) is 24.3. The zero-order valence-electron chi connectivity index (χ0n) is 19.4. The fourth-order valence-corrected chi connectivity index (χ4v) is 5.31. The van der Waals surface area contributed by atoms with Crippen LogP contribution in [0, 0.1) is 0 Å². The van der Waals surface area contributed by atoms with Crippen LogP contribution in [0.3, 0.4) is 0 Å². The molecule has 2 N–H and O–H groups in total. The number of aromatic nitrogens is 1. The van der Waals surface area contributed by atoms with E-state index < -0.39 is 0 Å². The van der Waals surface area contributed by atoms with Gasteiger partial charge in [0.1, 0.15) is 0 Å². The lowest BCUT2D eigenvalue weighted by Gasteiger charge is -2.23. The van der Waals surface area contributed by atoms with Gasteiger partial charge in [-0.15, -0.1) is 0 Å². The second-order valence-corrected chi connectivity index (χ2v) is 9.08. The van der Waals surface area contributed by atoms with Crippen LogP contribution in [0.1, 0.15) is 42.7 Å². The van der Waals surface area contributed by atoms with E-state index in [1.165, 1.54) is 27.7 Å². The molecule has 33 heavy (non-hydrogen) atoms. The quantitative estimate of drug-likeness (QED) is 0.325. The van der Waals surface area contributed by atoms with Gasteiger partial charge < -0.3 is 20.1 Å². The predicted molar refractivity (Wildman–Crippen MR) is 135 cm³/mol. The van der Waals surface area contributed by atoms with Crippen molar-refractivity contribution in [2.75, 3.05) is 38.1 Å². The molecule has 2 aromatic carbocycles. The monoisotopic (exact) mass is 443 g/mol. The summed E-state index contributed by atoms with van der Waals surface area (Å²) in [6.45, 7) is 3.54. The number of H-pyrrole nitrogens is 1. The number of aliphatic imine (C=N–C) groups is 1. The molecule has 3 heterocycles. The number of nitrogens with zero attached hydrogens (tertiary/aromatic N) is 3. The van der Waals surface area contributed by atoms with Crippen LogP contribution in [0.5, 0.6) is 0 Å². The van der Waals surface area contributed by atoms with Crippen LogP contribution in [-0.4, -0.2) is 55.0 Å². The summed E-state index contributed by atoms with van der Waals surface area (Å²) >= 11 is 0. The van der Waals surface area contributed by atoms with Crippen molar-refractivity contribution in [1.82, 2.24) is 15.2 Å². The first kappa shape index (κ1) is 21.6. The SMILES string of the molecule is CN=C(NCCCc1c[nH]c2ccccc12)N1CC(CCN2CCCC2=O)c2ccccc21. The highest BCUT2D eigenvalue weighted by Crippen LogP contribution is 2.38. The summed E-state index contributed by atoms with van der Waals surface area (Å²) in [6.07, 6.45) is 6.90. The van der Waals surface area contributed by atoms with Gasteiger partial charge >= 0.3 is 0 Å². The molecule has 1 unspecified atom stereocenters. The second-order valence-electron chi connectivity index (χ2n) is 9.08. The maximum absolute atomic E-state index is 12.0. The van der Waals surface area contributed by atoms with E-state index in [9.17, 15) is 4.79 Å². The summed E-state index contributed by atoms with van der Waals surface area (Å²) in [5, 5.41) is 4.90. The minimum Gasteiger partial charge on any atom is -0.361 e. The molecule has 2 aliphatic rings. The Hall–Kier alpha value is -3.28. The zero-order valence-corrected chi connectivity index (χ0v) is 19.4. The molecule has 0 aliphatic carbocycles. The van der Waals surface area contributed by atoms with Crippen LogP contribution in [0.25, 0.3) is 10.9 Å². The number of hydrogen-bond donors (Lipinski definition) is 2. The number of hydrogen-bond acceptors (Lipinski definition) is 2. The number of amides is 1. The number of nitrogens with one attached hydrogen (secondary N) is 2. The van der Waals surface area contributed by atoms with E-state index in [0.717, 1.165) is 57.8 Å². The van der Waals surface area contributed by atoms with Gasteiger partial charge in [-0.3, -0.25) is 9.79 Å². The Morgan fingerprint density at radius 3 is 2.88 bits per heavy atom. The average molecular weight is 444 g/mol. The first-order chi connectivity index (χ1) is 16.2. The summed E-state index contributed by atoms with van der Waals surface area (Å²) in [6, 6.07) is 17.1. The lowest BCUT2D eigenvalue weighted by atomic mass is 9.98. The Morgan fingerprint density at radius 1 is 1.18 bits per heavy atom. The number of fused-ring (bicyclic) bond motifs is 2. The summed E-state index contributed by atoms with van der Waals surface area (Å²) < 4.78 is 0. The molecular formula is C27H33N5O. The van der Waals surface area contributed by atoms with Gasteiger partial charge in [0, 0.05) is 68.4 Å². The normalized spacial score (nSPS) is 18.4. The summed E-state index contributed by atoms with van der Waals surface area (Å²) in [7, 11) is 1.86. The largest absolute Gasteiger partial charge is 0.361 e. The molecule has 1 atom stereocenters. The van der Waals surface area contributed by atoms with Crippen molar-refractivity contribution in [3.63, 3.8) is 0 Å². The molecule has 2 aliphatic heterocycles. The third-order valence-electron chi connectivity index (χ3n) is 7.04. The lowest BCUT2D eigenvalue weighted by Crippen LogP contribution is -2.41. The number of para-hydroxylation sites is 2. The van der Waals surface area contributed by atoms with Crippen molar-refractivity contribution >= 4 is 28.5 Å². The molecule has 0 radical (unpaired) electrons. The van der Waals surface area contributed by atoms with Gasteiger partial charge in [-0.25, -0.2) is 0 Å². The van der Waals surface area contributed by atoms with Gasteiger partial charge in [-0.2, -0.15) is 0 Å². The third kappa shape index (κ3) is 4.47. The van der Waals surface area contributed by atoms with E-state index in [0.29, 0.717) is 18.2 Å². The molecule has 1 saturated heterocycles. The molecule has 0 bridgehead atoms. The Kier molecular flexibility index (Phi) is 6.33. The number of carbonyl (C=O) groups is 1. The molecule has 6 nitrogen and oxygen atoms in total. The molecule has 0 spiro atoms. The zero-order chi connectivity index (χ0) is 22.6. The van der Waals surface area contributed by atoms with Crippen molar-refractivity contribution in [3.05, 3.63) is 65.9 Å². The fraction of sp³-hybridized carbons (Fsp3) is 0.407. The molecule has 0 saturated carbocycles. The van der Waals surface area contributed by atoms with Crippen LogP contribution in [0.4, 0.5) is 5.69 Å². The molecule has 5 rings (SSSR count). The van der Waals surface area contributed by atoms with Crippen LogP contribution in [-0.2, 0) is 11.2 Å². The maximum Gasteiger partial charge on any atom is 0.222 e. The fourth-order valence-electron chi connectivity index (χ4n) is 5.31. The Balaban J connectivity index is 1.19. The second kappa shape index (κ2) is 9.69. The van der Waals surface area contributed by atoms with E-state index in [-0.39, 0.29) is 0 Å².